The van der Waals surface area contributed by atoms with E-state index in [1.807, 2.05) is 0 Å². The highest BCUT2D eigenvalue weighted by Crippen LogP contribution is 1.91. The van der Waals surface area contributed by atoms with Crippen LogP contribution in [0, 0.1) is 13.8 Å². The highest BCUT2D eigenvalue weighted by atomic mass is 16.5. The number of aromatic nitrogens is 1. The molecule has 1 N–H and O–H groups in total. The zero-order valence-electron chi connectivity index (χ0n) is 5.96. The second kappa shape index (κ2) is 2.17. The lowest BCUT2D eigenvalue weighted by Gasteiger charge is -1.98. The minimum atomic E-state index is -0.00898. The van der Waals surface area contributed by atoms with Crippen LogP contribution in [0.25, 0.3) is 0 Å². The predicted octanol–water partition coefficient (Wildman–Crippen LogP) is 0.702. The minimum absolute atomic E-state index is 0.00898. The first-order chi connectivity index (χ1) is 4.61. The van der Waals surface area contributed by atoms with Crippen molar-refractivity contribution >= 4 is 0 Å². The first-order valence-electron chi connectivity index (χ1n) is 3.00. The fourth-order valence-corrected chi connectivity index (χ4v) is 0.862. The fourth-order valence-electron chi connectivity index (χ4n) is 0.862. The molecule has 0 spiro atoms. The summed E-state index contributed by atoms with van der Waals surface area (Å²) in [5.74, 6) is 0. The van der Waals surface area contributed by atoms with Gasteiger partial charge in [0, 0.05) is 23.5 Å². The summed E-state index contributed by atoms with van der Waals surface area (Å²) in [6.45, 7) is 3.34. The Morgan fingerprint density at radius 2 is 1.70 bits per heavy atom. The van der Waals surface area contributed by atoms with E-state index >= 15 is 0 Å². The molecule has 1 heterocycles. The standard InChI is InChI=1S/C7H9NO2/c1-5-3-8(10)4-6(2)7(5)9/h3-4,10H,1-2H3. The van der Waals surface area contributed by atoms with E-state index in [1.165, 1.54) is 12.4 Å². The van der Waals surface area contributed by atoms with E-state index in [-0.39, 0.29) is 5.43 Å². The van der Waals surface area contributed by atoms with E-state index in [4.69, 9.17) is 5.21 Å². The average Bonchev–Trinajstić information content (AvgIpc) is 1.82. The van der Waals surface area contributed by atoms with E-state index in [0.717, 1.165) is 4.73 Å². The number of hydrogen-bond acceptors (Lipinski definition) is 2. The van der Waals surface area contributed by atoms with Crippen LogP contribution < -0.4 is 5.43 Å². The summed E-state index contributed by atoms with van der Waals surface area (Å²) < 4.78 is 0.895. The van der Waals surface area contributed by atoms with Gasteiger partial charge in [-0.2, -0.15) is 0 Å². The van der Waals surface area contributed by atoms with Crippen LogP contribution in [0.15, 0.2) is 17.2 Å². The van der Waals surface area contributed by atoms with Gasteiger partial charge in [-0.15, -0.1) is 0 Å². The highest BCUT2D eigenvalue weighted by Gasteiger charge is 1.97. The van der Waals surface area contributed by atoms with Gasteiger partial charge >= 0.3 is 0 Å². The van der Waals surface area contributed by atoms with Gasteiger partial charge < -0.3 is 5.21 Å². The molecule has 0 aliphatic rings. The van der Waals surface area contributed by atoms with E-state index < -0.39 is 0 Å². The number of hydrogen-bond donors (Lipinski definition) is 1. The van der Waals surface area contributed by atoms with E-state index in [9.17, 15) is 4.79 Å². The highest BCUT2D eigenvalue weighted by molar-refractivity contribution is 5.15. The summed E-state index contributed by atoms with van der Waals surface area (Å²) in [7, 11) is 0. The summed E-state index contributed by atoms with van der Waals surface area (Å²) in [6, 6.07) is 0. The number of rotatable bonds is 0. The van der Waals surface area contributed by atoms with E-state index in [2.05, 4.69) is 0 Å². The second-order valence-corrected chi connectivity index (χ2v) is 2.33. The van der Waals surface area contributed by atoms with Crippen LogP contribution in [0.3, 0.4) is 0 Å². The lowest BCUT2D eigenvalue weighted by Crippen LogP contribution is -2.11. The van der Waals surface area contributed by atoms with Crippen LogP contribution in [0.1, 0.15) is 11.1 Å². The van der Waals surface area contributed by atoms with Crippen molar-refractivity contribution in [1.29, 1.82) is 0 Å². The number of pyridine rings is 1. The van der Waals surface area contributed by atoms with Gasteiger partial charge in [-0.25, -0.2) is 4.73 Å². The lowest BCUT2D eigenvalue weighted by atomic mass is 10.2. The first-order valence-corrected chi connectivity index (χ1v) is 3.00. The number of nitrogens with zero attached hydrogens (tertiary/aromatic N) is 1. The molecule has 0 aliphatic heterocycles. The summed E-state index contributed by atoms with van der Waals surface area (Å²) >= 11 is 0. The van der Waals surface area contributed by atoms with Crippen LogP contribution in [0.4, 0.5) is 0 Å². The van der Waals surface area contributed by atoms with Gasteiger partial charge in [-0.3, -0.25) is 4.79 Å². The largest absolute Gasteiger partial charge is 0.429 e. The molecule has 54 valence electrons. The molecular formula is C7H9NO2. The van der Waals surface area contributed by atoms with E-state index in [1.54, 1.807) is 13.8 Å². The molecule has 10 heavy (non-hydrogen) atoms. The van der Waals surface area contributed by atoms with Gasteiger partial charge in [-0.1, -0.05) is 0 Å². The summed E-state index contributed by atoms with van der Waals surface area (Å²) in [5, 5.41) is 8.90. The Morgan fingerprint density at radius 1 is 1.30 bits per heavy atom. The Bertz CT molecular complexity index is 275. The van der Waals surface area contributed by atoms with E-state index in [0.29, 0.717) is 11.1 Å². The molecular weight excluding hydrogens is 130 g/mol. The summed E-state index contributed by atoms with van der Waals surface area (Å²) in [6.07, 6.45) is 2.77. The smallest absolute Gasteiger partial charge is 0.187 e. The monoisotopic (exact) mass is 139 g/mol. The third-order valence-corrected chi connectivity index (χ3v) is 1.37. The molecule has 3 nitrogen and oxygen atoms in total. The summed E-state index contributed by atoms with van der Waals surface area (Å²) in [5.41, 5.74) is 1.11. The molecule has 0 saturated heterocycles. The fraction of sp³-hybridized carbons (Fsp3) is 0.286. The summed E-state index contributed by atoms with van der Waals surface area (Å²) in [4.78, 5) is 11.0. The Hall–Kier alpha value is -1.25. The molecule has 0 aliphatic carbocycles. The van der Waals surface area contributed by atoms with Crippen LogP contribution in [0.5, 0.6) is 0 Å². The van der Waals surface area contributed by atoms with Crippen molar-refractivity contribution in [2.24, 2.45) is 0 Å². The molecule has 1 rings (SSSR count). The SMILES string of the molecule is Cc1cn(O)cc(C)c1=O. The van der Waals surface area contributed by atoms with Gasteiger partial charge in [0.05, 0.1) is 0 Å². The minimum Gasteiger partial charge on any atom is -0.429 e. The quantitative estimate of drug-likeness (QED) is 0.537. The molecule has 0 radical (unpaired) electrons. The third kappa shape index (κ3) is 1.03. The molecule has 0 aromatic carbocycles. The van der Waals surface area contributed by atoms with Crippen LogP contribution in [0.2, 0.25) is 0 Å². The topological polar surface area (TPSA) is 42.2 Å². The Labute approximate surface area is 58.5 Å². The Kier molecular flexibility index (Phi) is 1.49. The van der Waals surface area contributed by atoms with Gasteiger partial charge in [0.2, 0.25) is 0 Å². The van der Waals surface area contributed by atoms with Crippen molar-refractivity contribution in [2.75, 3.05) is 0 Å². The first kappa shape index (κ1) is 6.86. The van der Waals surface area contributed by atoms with Crippen molar-refractivity contribution in [2.45, 2.75) is 13.8 Å². The Balaban J connectivity index is 3.46. The lowest BCUT2D eigenvalue weighted by molar-refractivity contribution is 0.183. The molecule has 0 atom stereocenters. The second-order valence-electron chi connectivity index (χ2n) is 2.33. The zero-order valence-corrected chi connectivity index (χ0v) is 5.96. The average molecular weight is 139 g/mol. The molecule has 1 aromatic rings. The number of aryl methyl sites for hydroxylation is 2. The van der Waals surface area contributed by atoms with Crippen LogP contribution in [-0.2, 0) is 0 Å². The maximum atomic E-state index is 11.0. The molecule has 0 fully saturated rings. The van der Waals surface area contributed by atoms with Gasteiger partial charge in [0.15, 0.2) is 5.43 Å². The van der Waals surface area contributed by atoms with Gasteiger partial charge in [-0.05, 0) is 13.8 Å². The molecule has 0 bridgehead atoms. The van der Waals surface area contributed by atoms with Crippen molar-refractivity contribution in [3.63, 3.8) is 0 Å². The molecule has 0 saturated carbocycles. The van der Waals surface area contributed by atoms with Crippen LogP contribution in [-0.4, -0.2) is 9.94 Å². The molecule has 3 heteroatoms. The predicted molar refractivity (Wildman–Crippen MR) is 37.4 cm³/mol. The van der Waals surface area contributed by atoms with Crippen LogP contribution >= 0.6 is 0 Å². The van der Waals surface area contributed by atoms with Crippen molar-refractivity contribution < 1.29 is 5.21 Å². The van der Waals surface area contributed by atoms with Gasteiger partial charge in [0.1, 0.15) is 0 Å². The van der Waals surface area contributed by atoms with Crippen molar-refractivity contribution in [3.05, 3.63) is 33.7 Å². The molecule has 0 amide bonds. The molecule has 0 unspecified atom stereocenters. The zero-order chi connectivity index (χ0) is 7.72. The van der Waals surface area contributed by atoms with Gasteiger partial charge in [0.25, 0.3) is 0 Å². The van der Waals surface area contributed by atoms with Crippen molar-refractivity contribution in [3.8, 4) is 0 Å². The Morgan fingerprint density at radius 3 is 2.10 bits per heavy atom. The normalized spacial score (nSPS) is 9.80. The maximum absolute atomic E-state index is 11.0. The maximum Gasteiger partial charge on any atom is 0.187 e. The molecule has 1 aromatic heterocycles. The van der Waals surface area contributed by atoms with Crippen molar-refractivity contribution in [1.82, 2.24) is 4.73 Å². The third-order valence-electron chi connectivity index (χ3n) is 1.37.